The van der Waals surface area contributed by atoms with Crippen LogP contribution in [-0.2, 0) is 16.0 Å². The van der Waals surface area contributed by atoms with Crippen molar-refractivity contribution in [2.24, 2.45) is 0 Å². The fraction of sp³-hybridized carbons (Fsp3) is 0.273. The molecule has 7 heteroatoms. The molecule has 1 fully saturated rings. The lowest BCUT2D eigenvalue weighted by molar-refractivity contribution is -0.157. The number of rotatable bonds is 1. The summed E-state index contributed by atoms with van der Waals surface area (Å²) in [6.45, 7) is -4.37. The smallest absolute Gasteiger partial charge is 0.245 e. The van der Waals surface area contributed by atoms with Crippen molar-refractivity contribution in [3.8, 4) is 11.5 Å². The second-order valence-corrected chi connectivity index (χ2v) is 6.82. The Morgan fingerprint density at radius 2 is 2.14 bits per heavy atom. The molecular formula is C22H19N3O4. The van der Waals surface area contributed by atoms with Crippen molar-refractivity contribution >= 4 is 22.7 Å². The first kappa shape index (κ1) is 9.82. The minimum absolute atomic E-state index is 0.179. The maximum atomic E-state index is 13.6. The van der Waals surface area contributed by atoms with Gasteiger partial charge in [-0.3, -0.25) is 9.59 Å². The molecule has 7 nitrogen and oxygen atoms in total. The molecule has 2 atom stereocenters. The maximum Gasteiger partial charge on any atom is 0.245 e. The monoisotopic (exact) mass is 398 g/mol. The number of carbonyl (C=O) groups excluding carboxylic acids is 2. The largest absolute Gasteiger partial charge is 0.454 e. The second-order valence-electron chi connectivity index (χ2n) is 6.82. The van der Waals surface area contributed by atoms with Crippen LogP contribution in [-0.4, -0.2) is 53.0 Å². The molecule has 0 saturated carbocycles. The molecule has 2 amide bonds. The van der Waals surface area contributed by atoms with Crippen LogP contribution in [0.4, 0.5) is 0 Å². The van der Waals surface area contributed by atoms with Crippen molar-refractivity contribution in [2.45, 2.75) is 18.4 Å². The van der Waals surface area contributed by atoms with Gasteiger partial charge in [-0.1, -0.05) is 24.2 Å². The molecule has 3 aliphatic rings. The van der Waals surface area contributed by atoms with E-state index in [1.165, 1.54) is 0 Å². The molecule has 1 N–H and O–H groups in total. The summed E-state index contributed by atoms with van der Waals surface area (Å²) in [5, 5.41) is 0.278. The Morgan fingerprint density at radius 1 is 1.28 bits per heavy atom. The van der Waals surface area contributed by atoms with E-state index in [9.17, 15) is 11.0 Å². The van der Waals surface area contributed by atoms with E-state index in [1.54, 1.807) is 24.3 Å². The zero-order chi connectivity index (χ0) is 27.5. The third-order valence-electron chi connectivity index (χ3n) is 5.17. The van der Waals surface area contributed by atoms with Gasteiger partial charge >= 0.3 is 0 Å². The Hall–Kier alpha value is -3.48. The van der Waals surface area contributed by atoms with Crippen LogP contribution >= 0.6 is 0 Å². The van der Waals surface area contributed by atoms with Gasteiger partial charge in [-0.2, -0.15) is 0 Å². The first-order valence-corrected chi connectivity index (χ1v) is 8.87. The van der Waals surface area contributed by atoms with Crippen LogP contribution in [0.2, 0.25) is 0 Å². The van der Waals surface area contributed by atoms with Gasteiger partial charge in [-0.15, -0.1) is 0 Å². The first-order valence-electron chi connectivity index (χ1n) is 13.4. The molecule has 2 aromatic carbocycles. The minimum atomic E-state index is -3.06. The highest BCUT2D eigenvalue weighted by Crippen LogP contribution is 2.44. The minimum Gasteiger partial charge on any atom is -0.454 e. The fourth-order valence-corrected chi connectivity index (χ4v) is 3.89. The van der Waals surface area contributed by atoms with Crippen molar-refractivity contribution in [3.63, 3.8) is 0 Å². The number of para-hydroxylation sites is 1. The normalized spacial score (nSPS) is 32.0. The maximum absolute atomic E-state index is 13.6. The zero-order valence-electron chi connectivity index (χ0n) is 23.8. The summed E-state index contributed by atoms with van der Waals surface area (Å²) in [4.78, 5) is 31.1. The Balaban J connectivity index is 1.75. The van der Waals surface area contributed by atoms with Gasteiger partial charge in [0.05, 0.1) is 18.0 Å². The SMILES string of the molecule is [2H]c1c([2H])c([C@]2([2H])c3[nH]c4ccccc4c3C([2H])([2H])[C@@H]3C(=O)N(C([2H])([2H])[2H])CC(=O)N32)c([2H])c2c1OCO2. The summed E-state index contributed by atoms with van der Waals surface area (Å²) < 4.78 is 87.5. The lowest BCUT2D eigenvalue weighted by Gasteiger charge is -2.46. The van der Waals surface area contributed by atoms with Crippen molar-refractivity contribution in [2.75, 3.05) is 20.3 Å². The number of carbonyl (C=O) groups is 2. The molecule has 3 aliphatic heterocycles. The first-order chi connectivity index (χ1) is 17.7. The molecule has 0 aliphatic carbocycles. The average Bonchev–Trinajstić information content (AvgIpc) is 3.48. The number of amides is 2. The van der Waals surface area contributed by atoms with Gasteiger partial charge in [0.2, 0.25) is 18.6 Å². The molecule has 146 valence electrons. The van der Waals surface area contributed by atoms with E-state index >= 15 is 0 Å². The van der Waals surface area contributed by atoms with Crippen LogP contribution in [0.5, 0.6) is 11.5 Å². The van der Waals surface area contributed by atoms with Crippen molar-refractivity contribution in [1.82, 2.24) is 14.8 Å². The van der Waals surface area contributed by atoms with E-state index in [0.29, 0.717) is 15.3 Å². The zero-order valence-corrected chi connectivity index (χ0v) is 14.8. The van der Waals surface area contributed by atoms with Gasteiger partial charge in [0.1, 0.15) is 6.04 Å². The number of ether oxygens (including phenoxy) is 2. The third kappa shape index (κ3) is 2.24. The van der Waals surface area contributed by atoms with Crippen molar-refractivity contribution in [1.29, 1.82) is 0 Å². The number of aromatic amines is 1. The number of hydrogen-bond acceptors (Lipinski definition) is 4. The van der Waals surface area contributed by atoms with Gasteiger partial charge in [-0.25, -0.2) is 0 Å². The summed E-state index contributed by atoms with van der Waals surface area (Å²) in [5.74, 6) is -2.72. The quantitative estimate of drug-likeness (QED) is 0.682. The van der Waals surface area contributed by atoms with E-state index in [4.69, 9.17) is 20.4 Å². The van der Waals surface area contributed by atoms with Gasteiger partial charge in [0.25, 0.3) is 0 Å². The van der Waals surface area contributed by atoms with E-state index < -0.39 is 67.5 Å². The Bertz CT molecular complexity index is 1570. The number of nitrogens with one attached hydrogen (secondary N) is 1. The highest BCUT2D eigenvalue weighted by Gasteiger charge is 2.47. The van der Waals surface area contributed by atoms with Crippen LogP contribution in [0.3, 0.4) is 0 Å². The van der Waals surface area contributed by atoms with Crippen LogP contribution in [0.25, 0.3) is 10.9 Å². The third-order valence-corrected chi connectivity index (χ3v) is 5.17. The predicted octanol–water partition coefficient (Wildman–Crippen LogP) is 2.21. The van der Waals surface area contributed by atoms with Crippen LogP contribution in [0, 0.1) is 0 Å². The van der Waals surface area contributed by atoms with Gasteiger partial charge in [-0.05, 0) is 29.3 Å². The summed E-state index contributed by atoms with van der Waals surface area (Å²) in [7, 11) is 0. The molecule has 6 rings (SSSR count). The molecule has 1 aromatic heterocycles. The number of benzene rings is 2. The van der Waals surface area contributed by atoms with Gasteiger partial charge in [0.15, 0.2) is 11.5 Å². The predicted molar refractivity (Wildman–Crippen MR) is 105 cm³/mol. The number of hydrogen-bond donors (Lipinski definition) is 1. The van der Waals surface area contributed by atoms with Crippen LogP contribution in [0.15, 0.2) is 42.4 Å². The Morgan fingerprint density at radius 3 is 3.03 bits per heavy atom. The molecule has 0 spiro atoms. The molecule has 0 unspecified atom stereocenters. The summed E-state index contributed by atoms with van der Waals surface area (Å²) in [6.07, 6.45) is -2.68. The van der Waals surface area contributed by atoms with E-state index in [2.05, 4.69) is 4.98 Å². The molecular weight excluding hydrogens is 370 g/mol. The lowest BCUT2D eigenvalue weighted by Crippen LogP contribution is -2.62. The number of H-pyrrole nitrogens is 1. The lowest BCUT2D eigenvalue weighted by atomic mass is 9.86. The summed E-state index contributed by atoms with van der Waals surface area (Å²) in [5.41, 5.74) is -0.552. The van der Waals surface area contributed by atoms with Crippen molar-refractivity contribution < 1.29 is 31.4 Å². The molecule has 3 aromatic rings. The van der Waals surface area contributed by atoms with Crippen LogP contribution < -0.4 is 9.47 Å². The molecule has 29 heavy (non-hydrogen) atoms. The second kappa shape index (κ2) is 5.76. The highest BCUT2D eigenvalue weighted by atomic mass is 16.7. The number of likely N-dealkylation sites (N-methyl/N-ethyl adjacent to an activating group) is 1. The Labute approximate surface area is 179 Å². The number of piperazine rings is 1. The number of aromatic nitrogens is 1. The topological polar surface area (TPSA) is 74.9 Å². The fourth-order valence-electron chi connectivity index (χ4n) is 3.89. The standard InChI is InChI=1S/C22H19N3O4/c1-24-10-19(26)25-16(22(24)27)9-14-13-4-2-3-5-15(13)23-20(14)21(25)12-6-7-17-18(8-12)29-11-28-17/h2-8,16,21,23H,9-11H2,1H3/t16-,21-/m1/s1/i1D3,6D,7D,8D,9D2,21D. The highest BCUT2D eigenvalue weighted by molar-refractivity contribution is 5.97. The molecule has 1 saturated heterocycles. The van der Waals surface area contributed by atoms with E-state index in [-0.39, 0.29) is 34.9 Å². The average molecular weight is 398 g/mol. The molecule has 0 bridgehead atoms. The molecule has 4 heterocycles. The van der Waals surface area contributed by atoms with Gasteiger partial charge in [0, 0.05) is 36.8 Å². The van der Waals surface area contributed by atoms with Crippen molar-refractivity contribution in [3.05, 3.63) is 59.2 Å². The number of nitrogens with zero attached hydrogens (tertiary/aromatic N) is 2. The van der Waals surface area contributed by atoms with Gasteiger partial charge < -0.3 is 24.3 Å². The number of fused-ring (bicyclic) bond motifs is 5. The van der Waals surface area contributed by atoms with Crippen LogP contribution in [0.1, 0.15) is 35.2 Å². The summed E-state index contributed by atoms with van der Waals surface area (Å²) >= 11 is 0. The van der Waals surface area contributed by atoms with E-state index in [0.717, 1.165) is 0 Å². The summed E-state index contributed by atoms with van der Waals surface area (Å²) in [6, 6.07) is -0.0282. The molecule has 0 radical (unpaired) electrons. The van der Waals surface area contributed by atoms with E-state index in [1.807, 2.05) is 0 Å². The Kier molecular flexibility index (Phi) is 1.95.